The molecule has 0 saturated heterocycles. The third-order valence-electron chi connectivity index (χ3n) is 2.06. The van der Waals surface area contributed by atoms with Gasteiger partial charge in [0.05, 0.1) is 12.9 Å². The minimum atomic E-state index is -1.55. The zero-order valence-electron chi connectivity index (χ0n) is 8.18. The summed E-state index contributed by atoms with van der Waals surface area (Å²) < 4.78 is 42.6. The molecule has 1 aromatic rings. The van der Waals surface area contributed by atoms with Gasteiger partial charge in [0.15, 0.2) is 17.5 Å². The SMILES string of the molecule is BC(C(=O)OC)c1cc(F)c(F)c(F)c1. The van der Waals surface area contributed by atoms with Gasteiger partial charge in [-0.25, -0.2) is 13.2 Å². The van der Waals surface area contributed by atoms with E-state index in [0.29, 0.717) is 0 Å². The van der Waals surface area contributed by atoms with Gasteiger partial charge in [-0.2, -0.15) is 0 Å². The third-order valence-corrected chi connectivity index (χ3v) is 2.06. The van der Waals surface area contributed by atoms with Crippen LogP contribution in [0.5, 0.6) is 0 Å². The lowest BCUT2D eigenvalue weighted by molar-refractivity contribution is -0.140. The molecule has 0 spiro atoms. The van der Waals surface area contributed by atoms with E-state index in [1.807, 2.05) is 0 Å². The number of methoxy groups -OCH3 is 1. The Morgan fingerprint density at radius 2 is 1.80 bits per heavy atom. The molecule has 0 aliphatic rings. The number of hydrogen-bond acceptors (Lipinski definition) is 2. The zero-order valence-corrected chi connectivity index (χ0v) is 8.18. The average Bonchev–Trinajstić information content (AvgIpc) is 2.23. The van der Waals surface area contributed by atoms with Crippen molar-refractivity contribution in [2.45, 2.75) is 5.82 Å². The molecule has 0 fully saturated rings. The quantitative estimate of drug-likeness (QED) is 0.418. The summed E-state index contributed by atoms with van der Waals surface area (Å²) in [5.41, 5.74) is 0.0400. The van der Waals surface area contributed by atoms with Gasteiger partial charge in [0.2, 0.25) is 0 Å². The van der Waals surface area contributed by atoms with Crippen LogP contribution in [-0.2, 0) is 9.53 Å². The van der Waals surface area contributed by atoms with Crippen LogP contribution in [0.1, 0.15) is 11.4 Å². The maximum absolute atomic E-state index is 12.8. The predicted octanol–water partition coefficient (Wildman–Crippen LogP) is 0.951. The number of carbonyl (C=O) groups excluding carboxylic acids is 1. The molecule has 1 aromatic carbocycles. The molecule has 0 aliphatic carbocycles. The van der Waals surface area contributed by atoms with Crippen molar-refractivity contribution >= 4 is 13.8 Å². The molecule has 80 valence electrons. The summed E-state index contributed by atoms with van der Waals surface area (Å²) in [4.78, 5) is 11.1. The Bertz CT molecular complexity index is 372. The number of hydrogen-bond donors (Lipinski definition) is 0. The number of carbonyl (C=O) groups is 1. The number of rotatable bonds is 2. The van der Waals surface area contributed by atoms with E-state index in [-0.39, 0.29) is 5.56 Å². The van der Waals surface area contributed by atoms with Crippen LogP contribution in [0.3, 0.4) is 0 Å². The lowest BCUT2D eigenvalue weighted by Crippen LogP contribution is -2.15. The summed E-state index contributed by atoms with van der Waals surface area (Å²) in [6.45, 7) is 0. The van der Waals surface area contributed by atoms with Crippen molar-refractivity contribution in [3.8, 4) is 0 Å². The van der Waals surface area contributed by atoms with Gasteiger partial charge in [0, 0.05) is 0 Å². The Balaban J connectivity index is 3.11. The maximum Gasteiger partial charge on any atom is 0.304 e. The average molecular weight is 216 g/mol. The van der Waals surface area contributed by atoms with Crippen LogP contribution in [-0.4, -0.2) is 20.9 Å². The van der Waals surface area contributed by atoms with Crippen LogP contribution < -0.4 is 0 Å². The van der Waals surface area contributed by atoms with Crippen LogP contribution in [0.2, 0.25) is 0 Å². The van der Waals surface area contributed by atoms with Gasteiger partial charge < -0.3 is 4.74 Å². The molecule has 0 aromatic heterocycles. The van der Waals surface area contributed by atoms with Crippen molar-refractivity contribution in [1.29, 1.82) is 0 Å². The lowest BCUT2D eigenvalue weighted by atomic mass is 9.81. The molecule has 2 nitrogen and oxygen atoms in total. The smallest absolute Gasteiger partial charge is 0.304 e. The molecule has 1 rings (SSSR count). The summed E-state index contributed by atoms with van der Waals surface area (Å²) in [6.07, 6.45) is 0. The van der Waals surface area contributed by atoms with Gasteiger partial charge in [-0.05, 0) is 17.7 Å². The van der Waals surface area contributed by atoms with E-state index in [0.717, 1.165) is 19.2 Å². The number of benzene rings is 1. The highest BCUT2D eigenvalue weighted by atomic mass is 19.2. The van der Waals surface area contributed by atoms with Gasteiger partial charge in [-0.3, -0.25) is 4.79 Å². The monoisotopic (exact) mass is 216 g/mol. The highest BCUT2D eigenvalue weighted by molar-refractivity contribution is 6.23. The maximum atomic E-state index is 12.8. The van der Waals surface area contributed by atoms with Crippen LogP contribution in [0.4, 0.5) is 13.2 Å². The van der Waals surface area contributed by atoms with Crippen molar-refractivity contribution in [2.75, 3.05) is 7.11 Å². The second-order valence-electron chi connectivity index (χ2n) is 3.04. The largest absolute Gasteiger partial charge is 0.469 e. The van der Waals surface area contributed by atoms with Gasteiger partial charge >= 0.3 is 5.97 Å². The van der Waals surface area contributed by atoms with E-state index >= 15 is 0 Å². The normalized spacial score (nSPS) is 12.3. The van der Waals surface area contributed by atoms with Crippen molar-refractivity contribution in [1.82, 2.24) is 0 Å². The summed E-state index contributed by atoms with van der Waals surface area (Å²) in [5.74, 6) is -5.66. The first-order valence-corrected chi connectivity index (χ1v) is 4.19. The van der Waals surface area contributed by atoms with Gasteiger partial charge in [-0.15, -0.1) is 0 Å². The van der Waals surface area contributed by atoms with Gasteiger partial charge in [0.25, 0.3) is 0 Å². The predicted molar refractivity (Wildman–Crippen MR) is 49.6 cm³/mol. The second kappa shape index (κ2) is 4.38. The Morgan fingerprint density at radius 1 is 1.33 bits per heavy atom. The van der Waals surface area contributed by atoms with E-state index < -0.39 is 29.2 Å². The first-order valence-electron chi connectivity index (χ1n) is 4.19. The van der Waals surface area contributed by atoms with Gasteiger partial charge in [-0.1, -0.05) is 0 Å². The first-order chi connectivity index (χ1) is 6.97. The molecule has 0 radical (unpaired) electrons. The van der Waals surface area contributed by atoms with Crippen molar-refractivity contribution < 1.29 is 22.7 Å². The number of ether oxygens (including phenoxy) is 1. The van der Waals surface area contributed by atoms with E-state index in [9.17, 15) is 18.0 Å². The van der Waals surface area contributed by atoms with Crippen LogP contribution in [0.15, 0.2) is 12.1 Å². The van der Waals surface area contributed by atoms with Gasteiger partial charge in [0.1, 0.15) is 7.85 Å². The Hall–Kier alpha value is -1.46. The summed E-state index contributed by atoms with van der Waals surface area (Å²) in [7, 11) is 2.58. The molecular weight excluding hydrogens is 208 g/mol. The Kier molecular flexibility index (Phi) is 3.39. The summed E-state index contributed by atoms with van der Waals surface area (Å²) >= 11 is 0. The molecule has 6 heteroatoms. The first kappa shape index (κ1) is 11.6. The molecule has 0 saturated carbocycles. The minimum absolute atomic E-state index is 0.0400. The number of halogens is 3. The van der Waals surface area contributed by atoms with Crippen molar-refractivity contribution in [3.05, 3.63) is 35.1 Å². The fourth-order valence-corrected chi connectivity index (χ4v) is 1.14. The molecule has 0 aliphatic heterocycles. The third kappa shape index (κ3) is 2.32. The summed E-state index contributed by atoms with van der Waals surface area (Å²) in [6, 6.07) is 1.56. The second-order valence-corrected chi connectivity index (χ2v) is 3.04. The standard InChI is InChI=1S/C9H8BF3O2/c1-15-9(14)7(10)4-2-5(11)8(13)6(12)3-4/h2-3,7H,10H2,1H3. The highest BCUT2D eigenvalue weighted by Crippen LogP contribution is 2.19. The fraction of sp³-hybridized carbons (Fsp3) is 0.222. The minimum Gasteiger partial charge on any atom is -0.469 e. The van der Waals surface area contributed by atoms with E-state index in [4.69, 9.17) is 0 Å². The lowest BCUT2D eigenvalue weighted by Gasteiger charge is -2.09. The molecule has 15 heavy (non-hydrogen) atoms. The summed E-state index contributed by atoms with van der Waals surface area (Å²) in [5, 5.41) is 0. The van der Waals surface area contributed by atoms with Crippen molar-refractivity contribution in [2.24, 2.45) is 0 Å². The van der Waals surface area contributed by atoms with Crippen molar-refractivity contribution in [3.63, 3.8) is 0 Å². The molecule has 0 heterocycles. The van der Waals surface area contributed by atoms with E-state index in [1.54, 1.807) is 0 Å². The number of esters is 1. The van der Waals surface area contributed by atoms with Crippen LogP contribution in [0.25, 0.3) is 0 Å². The topological polar surface area (TPSA) is 26.3 Å². The van der Waals surface area contributed by atoms with Crippen LogP contribution in [0, 0.1) is 17.5 Å². The molecule has 0 bridgehead atoms. The molecule has 0 amide bonds. The highest BCUT2D eigenvalue weighted by Gasteiger charge is 2.19. The Labute approximate surface area is 85.4 Å². The van der Waals surface area contributed by atoms with Crippen LogP contribution >= 0.6 is 0 Å². The van der Waals surface area contributed by atoms with E-state index in [2.05, 4.69) is 4.74 Å². The molecule has 1 atom stereocenters. The fourth-order valence-electron chi connectivity index (χ4n) is 1.14. The molecule has 0 N–H and O–H groups in total. The molecular formula is C9H8BF3O2. The molecule has 1 unspecified atom stereocenters. The van der Waals surface area contributed by atoms with E-state index in [1.165, 1.54) is 7.85 Å². The Morgan fingerprint density at radius 3 is 2.20 bits per heavy atom. The zero-order chi connectivity index (χ0) is 11.6.